The largest absolute Gasteiger partial charge is 0.326 e. The van der Waals surface area contributed by atoms with E-state index in [9.17, 15) is 8.42 Å². The van der Waals surface area contributed by atoms with Crippen LogP contribution in [0.3, 0.4) is 0 Å². The zero-order valence-electron chi connectivity index (χ0n) is 11.7. The molecule has 0 aromatic heterocycles. The second-order valence-electron chi connectivity index (χ2n) is 5.77. The van der Waals surface area contributed by atoms with Gasteiger partial charge in [-0.15, -0.1) is 0 Å². The van der Waals surface area contributed by atoms with Crippen molar-refractivity contribution in [3.05, 3.63) is 29.8 Å². The average molecular weight is 295 g/mol. The van der Waals surface area contributed by atoms with Crippen molar-refractivity contribution < 1.29 is 8.42 Å². The summed E-state index contributed by atoms with van der Waals surface area (Å²) >= 11 is 0. The number of nitrogens with zero attached hydrogens (tertiary/aromatic N) is 2. The molecule has 1 aromatic rings. The monoisotopic (exact) mass is 295 g/mol. The van der Waals surface area contributed by atoms with Gasteiger partial charge >= 0.3 is 0 Å². The van der Waals surface area contributed by atoms with Crippen LogP contribution in [0.5, 0.6) is 0 Å². The minimum atomic E-state index is -3.36. The SMILES string of the molecule is CN1CCC2CN(S(=O)(=O)c3ccc(CN)cc3)CC21. The van der Waals surface area contributed by atoms with Crippen molar-refractivity contribution in [2.45, 2.75) is 23.9 Å². The Hall–Kier alpha value is -0.950. The Morgan fingerprint density at radius 2 is 1.95 bits per heavy atom. The summed E-state index contributed by atoms with van der Waals surface area (Å²) in [5.41, 5.74) is 6.49. The van der Waals surface area contributed by atoms with E-state index in [1.807, 2.05) is 0 Å². The van der Waals surface area contributed by atoms with E-state index < -0.39 is 10.0 Å². The number of fused-ring (bicyclic) bond motifs is 1. The summed E-state index contributed by atoms with van der Waals surface area (Å²) < 4.78 is 26.9. The quantitative estimate of drug-likeness (QED) is 0.880. The highest BCUT2D eigenvalue weighted by Gasteiger charge is 2.43. The molecule has 0 saturated carbocycles. The highest BCUT2D eigenvalue weighted by atomic mass is 32.2. The molecule has 0 amide bonds. The second-order valence-corrected chi connectivity index (χ2v) is 7.70. The lowest BCUT2D eigenvalue weighted by atomic mass is 10.1. The summed E-state index contributed by atoms with van der Waals surface area (Å²) in [7, 11) is -1.28. The highest BCUT2D eigenvalue weighted by molar-refractivity contribution is 7.89. The van der Waals surface area contributed by atoms with Crippen LogP contribution in [0.2, 0.25) is 0 Å². The topological polar surface area (TPSA) is 66.6 Å². The average Bonchev–Trinajstić information content (AvgIpc) is 3.02. The molecule has 2 aliphatic rings. The van der Waals surface area contributed by atoms with Crippen LogP contribution < -0.4 is 5.73 Å². The molecule has 6 heteroatoms. The first-order valence-electron chi connectivity index (χ1n) is 7.02. The Morgan fingerprint density at radius 1 is 1.25 bits per heavy atom. The third kappa shape index (κ3) is 2.26. The molecule has 3 rings (SSSR count). The van der Waals surface area contributed by atoms with E-state index in [1.165, 1.54) is 0 Å². The fraction of sp³-hybridized carbons (Fsp3) is 0.571. The Balaban J connectivity index is 1.82. The first-order chi connectivity index (χ1) is 9.52. The minimum absolute atomic E-state index is 0.373. The first-order valence-corrected chi connectivity index (χ1v) is 8.46. The lowest BCUT2D eigenvalue weighted by Crippen LogP contribution is -2.35. The molecule has 2 heterocycles. The Labute approximate surface area is 120 Å². The van der Waals surface area contributed by atoms with Gasteiger partial charge in [0, 0.05) is 25.7 Å². The van der Waals surface area contributed by atoms with Gasteiger partial charge in [0.05, 0.1) is 4.90 Å². The van der Waals surface area contributed by atoms with Crippen LogP contribution in [0.15, 0.2) is 29.2 Å². The fourth-order valence-electron chi connectivity index (χ4n) is 3.28. The van der Waals surface area contributed by atoms with Crippen LogP contribution in [-0.2, 0) is 16.6 Å². The van der Waals surface area contributed by atoms with E-state index in [0.29, 0.717) is 36.5 Å². The summed E-state index contributed by atoms with van der Waals surface area (Å²) in [5.74, 6) is 0.484. The van der Waals surface area contributed by atoms with Crippen molar-refractivity contribution in [3.63, 3.8) is 0 Å². The van der Waals surface area contributed by atoms with Crippen molar-refractivity contribution >= 4 is 10.0 Å². The van der Waals surface area contributed by atoms with Crippen LogP contribution in [0.25, 0.3) is 0 Å². The molecule has 2 unspecified atom stereocenters. The lowest BCUT2D eigenvalue weighted by molar-refractivity contribution is 0.297. The molecule has 2 saturated heterocycles. The molecule has 20 heavy (non-hydrogen) atoms. The zero-order valence-corrected chi connectivity index (χ0v) is 12.5. The molecule has 0 aliphatic carbocycles. The third-order valence-corrected chi connectivity index (χ3v) is 6.43. The van der Waals surface area contributed by atoms with E-state index in [0.717, 1.165) is 18.5 Å². The lowest BCUT2D eigenvalue weighted by Gasteiger charge is -2.20. The van der Waals surface area contributed by atoms with E-state index in [-0.39, 0.29) is 0 Å². The predicted octanol–water partition coefficient (Wildman–Crippen LogP) is 0.470. The maximum atomic E-state index is 12.6. The van der Waals surface area contributed by atoms with Crippen LogP contribution in [0, 0.1) is 5.92 Å². The van der Waals surface area contributed by atoms with Gasteiger partial charge in [0.2, 0.25) is 10.0 Å². The molecule has 2 aliphatic heterocycles. The Kier molecular flexibility index (Phi) is 3.58. The highest BCUT2D eigenvalue weighted by Crippen LogP contribution is 2.33. The van der Waals surface area contributed by atoms with E-state index >= 15 is 0 Å². The molecule has 2 fully saturated rings. The molecule has 110 valence electrons. The number of hydrogen-bond acceptors (Lipinski definition) is 4. The third-order valence-electron chi connectivity index (χ3n) is 4.59. The summed E-state index contributed by atoms with van der Waals surface area (Å²) in [6.07, 6.45) is 1.10. The maximum Gasteiger partial charge on any atom is 0.243 e. The van der Waals surface area contributed by atoms with Gasteiger partial charge in [0.1, 0.15) is 0 Å². The Morgan fingerprint density at radius 3 is 2.55 bits per heavy atom. The van der Waals surface area contributed by atoms with Gasteiger partial charge in [-0.2, -0.15) is 4.31 Å². The van der Waals surface area contributed by atoms with Gasteiger partial charge in [0.25, 0.3) is 0 Å². The van der Waals surface area contributed by atoms with Gasteiger partial charge in [-0.05, 0) is 43.6 Å². The molecule has 0 spiro atoms. The van der Waals surface area contributed by atoms with Gasteiger partial charge in [-0.25, -0.2) is 8.42 Å². The summed E-state index contributed by atoms with van der Waals surface area (Å²) in [5, 5.41) is 0. The number of benzene rings is 1. The van der Waals surface area contributed by atoms with Crippen molar-refractivity contribution in [2.75, 3.05) is 26.7 Å². The normalized spacial score (nSPS) is 27.9. The molecule has 1 aromatic carbocycles. The Bertz CT molecular complexity index is 585. The summed E-state index contributed by atoms with van der Waals surface area (Å²) in [6, 6.07) is 7.28. The molecular formula is C14H21N3O2S. The number of likely N-dealkylation sites (tertiary alicyclic amines) is 1. The van der Waals surface area contributed by atoms with Crippen LogP contribution in [0.4, 0.5) is 0 Å². The fourth-order valence-corrected chi connectivity index (χ4v) is 4.79. The molecule has 0 radical (unpaired) electrons. The summed E-state index contributed by atoms with van der Waals surface area (Å²) in [4.78, 5) is 2.65. The smallest absolute Gasteiger partial charge is 0.243 e. The number of likely N-dealkylation sites (N-methyl/N-ethyl adjacent to an activating group) is 1. The zero-order chi connectivity index (χ0) is 14.3. The first kappa shape index (κ1) is 14.0. The van der Waals surface area contributed by atoms with Crippen molar-refractivity contribution in [1.82, 2.24) is 9.21 Å². The number of rotatable bonds is 3. The minimum Gasteiger partial charge on any atom is -0.326 e. The standard InChI is InChI=1S/C14H21N3O2S/c1-16-7-6-12-9-17(10-14(12)16)20(18,19)13-4-2-11(8-15)3-5-13/h2-5,12,14H,6-10,15H2,1H3. The number of sulfonamides is 1. The van der Waals surface area contributed by atoms with Crippen molar-refractivity contribution in [3.8, 4) is 0 Å². The number of nitrogens with two attached hydrogens (primary N) is 1. The molecule has 2 N–H and O–H groups in total. The van der Waals surface area contributed by atoms with Crippen molar-refractivity contribution in [2.24, 2.45) is 11.7 Å². The molecule has 5 nitrogen and oxygen atoms in total. The predicted molar refractivity (Wildman–Crippen MR) is 77.6 cm³/mol. The van der Waals surface area contributed by atoms with E-state index in [4.69, 9.17) is 5.73 Å². The summed E-state index contributed by atoms with van der Waals surface area (Å²) in [6.45, 7) is 2.77. The second kappa shape index (κ2) is 5.11. The van der Waals surface area contributed by atoms with Gasteiger partial charge < -0.3 is 10.6 Å². The van der Waals surface area contributed by atoms with Gasteiger partial charge in [0.15, 0.2) is 0 Å². The van der Waals surface area contributed by atoms with E-state index in [2.05, 4.69) is 11.9 Å². The van der Waals surface area contributed by atoms with Gasteiger partial charge in [-0.3, -0.25) is 0 Å². The molecule has 0 bridgehead atoms. The maximum absolute atomic E-state index is 12.6. The van der Waals surface area contributed by atoms with Crippen LogP contribution in [-0.4, -0.2) is 50.3 Å². The van der Waals surface area contributed by atoms with Crippen LogP contribution >= 0.6 is 0 Å². The molecular weight excluding hydrogens is 274 g/mol. The van der Waals surface area contributed by atoms with Crippen LogP contribution in [0.1, 0.15) is 12.0 Å². The van der Waals surface area contributed by atoms with Gasteiger partial charge in [-0.1, -0.05) is 12.1 Å². The van der Waals surface area contributed by atoms with E-state index in [1.54, 1.807) is 28.6 Å². The van der Waals surface area contributed by atoms with Crippen molar-refractivity contribution in [1.29, 1.82) is 0 Å². The number of hydrogen-bond donors (Lipinski definition) is 1. The molecule has 2 atom stereocenters.